The van der Waals surface area contributed by atoms with Crippen LogP contribution in [0.1, 0.15) is 23.2 Å². The SMILES string of the molecule is O=C(c1cccc2ccccc12)N1CCCC(C(=O)N2CCN(c3cnccn3)CC2)C1. The van der Waals surface area contributed by atoms with Crippen LogP contribution in [0, 0.1) is 5.92 Å². The van der Waals surface area contributed by atoms with Gasteiger partial charge in [0.05, 0.1) is 12.1 Å². The summed E-state index contributed by atoms with van der Waals surface area (Å²) >= 11 is 0. The van der Waals surface area contributed by atoms with Gasteiger partial charge in [-0.2, -0.15) is 0 Å². The molecule has 2 aromatic carbocycles. The molecule has 2 aliphatic rings. The lowest BCUT2D eigenvalue weighted by Crippen LogP contribution is -2.53. The fourth-order valence-corrected chi connectivity index (χ4v) is 4.81. The van der Waals surface area contributed by atoms with Gasteiger partial charge in [-0.3, -0.25) is 14.6 Å². The second kappa shape index (κ2) is 8.94. The maximum Gasteiger partial charge on any atom is 0.254 e. The van der Waals surface area contributed by atoms with E-state index >= 15 is 0 Å². The van der Waals surface area contributed by atoms with Crippen LogP contribution >= 0.6 is 0 Å². The Morgan fingerprint density at radius 3 is 2.50 bits per heavy atom. The number of benzene rings is 2. The van der Waals surface area contributed by atoms with E-state index in [2.05, 4.69) is 14.9 Å². The van der Waals surface area contributed by atoms with Crippen molar-refractivity contribution in [3.63, 3.8) is 0 Å². The Balaban J connectivity index is 1.24. The summed E-state index contributed by atoms with van der Waals surface area (Å²) in [6.07, 6.45) is 6.80. The maximum absolute atomic E-state index is 13.3. The predicted molar refractivity (Wildman–Crippen MR) is 123 cm³/mol. The summed E-state index contributed by atoms with van der Waals surface area (Å²) in [5, 5.41) is 2.03. The molecule has 0 bridgehead atoms. The van der Waals surface area contributed by atoms with Gasteiger partial charge in [0, 0.05) is 57.2 Å². The molecule has 0 radical (unpaired) electrons. The van der Waals surface area contributed by atoms with E-state index in [1.165, 1.54) is 0 Å². The second-order valence-electron chi connectivity index (χ2n) is 8.49. The summed E-state index contributed by atoms with van der Waals surface area (Å²) in [5.41, 5.74) is 0.716. The number of piperidine rings is 1. The van der Waals surface area contributed by atoms with Crippen molar-refractivity contribution in [2.24, 2.45) is 5.92 Å². The van der Waals surface area contributed by atoms with E-state index in [0.717, 1.165) is 42.5 Å². The average molecular weight is 430 g/mol. The fourth-order valence-electron chi connectivity index (χ4n) is 4.81. The lowest BCUT2D eigenvalue weighted by atomic mass is 9.95. The third-order valence-corrected chi connectivity index (χ3v) is 6.54. The van der Waals surface area contributed by atoms with Crippen molar-refractivity contribution in [1.82, 2.24) is 19.8 Å². The summed E-state index contributed by atoms with van der Waals surface area (Å²) in [6, 6.07) is 13.8. The Morgan fingerprint density at radius 2 is 1.69 bits per heavy atom. The van der Waals surface area contributed by atoms with Crippen LogP contribution in [0.25, 0.3) is 10.8 Å². The predicted octanol–water partition coefficient (Wildman–Crippen LogP) is 2.83. The van der Waals surface area contributed by atoms with E-state index in [9.17, 15) is 9.59 Å². The molecule has 3 heterocycles. The Bertz CT molecular complexity index is 1110. The van der Waals surface area contributed by atoms with Crippen molar-refractivity contribution in [2.75, 3.05) is 44.2 Å². The van der Waals surface area contributed by atoms with Gasteiger partial charge in [0.15, 0.2) is 0 Å². The highest BCUT2D eigenvalue weighted by atomic mass is 16.2. The first-order chi connectivity index (χ1) is 15.7. The number of aromatic nitrogens is 2. The van der Waals surface area contributed by atoms with Gasteiger partial charge in [-0.15, -0.1) is 0 Å². The fraction of sp³-hybridized carbons (Fsp3) is 0.360. The molecule has 2 fully saturated rings. The van der Waals surface area contributed by atoms with Crippen LogP contribution in [0.15, 0.2) is 61.1 Å². The molecule has 7 heteroatoms. The van der Waals surface area contributed by atoms with Crippen molar-refractivity contribution >= 4 is 28.4 Å². The standard InChI is InChI=1S/C25H27N5O2/c31-24(29-15-13-28(14-16-29)23-17-26-10-11-27-23)20-7-4-12-30(18-20)25(32)22-9-3-6-19-5-1-2-8-21(19)22/h1-3,5-6,8-11,17,20H,4,7,12-16,18H2. The van der Waals surface area contributed by atoms with Gasteiger partial charge in [-0.25, -0.2) is 4.98 Å². The maximum atomic E-state index is 13.3. The van der Waals surface area contributed by atoms with Gasteiger partial charge in [0.2, 0.25) is 5.91 Å². The Kier molecular flexibility index (Phi) is 5.71. The van der Waals surface area contributed by atoms with Gasteiger partial charge in [0.1, 0.15) is 5.82 Å². The molecule has 0 N–H and O–H groups in total. The molecule has 0 aliphatic carbocycles. The monoisotopic (exact) mass is 429 g/mol. The topological polar surface area (TPSA) is 69.6 Å². The Hall–Kier alpha value is -3.48. The van der Waals surface area contributed by atoms with Crippen molar-refractivity contribution in [2.45, 2.75) is 12.8 Å². The molecule has 2 aliphatic heterocycles. The molecule has 5 rings (SSSR count). The summed E-state index contributed by atoms with van der Waals surface area (Å²) in [4.78, 5) is 41.1. The number of rotatable bonds is 3. The third kappa shape index (κ3) is 4.02. The first kappa shape index (κ1) is 20.4. The molecule has 3 aromatic rings. The minimum Gasteiger partial charge on any atom is -0.352 e. The van der Waals surface area contributed by atoms with Crippen LogP contribution in [0.4, 0.5) is 5.82 Å². The first-order valence-corrected chi connectivity index (χ1v) is 11.3. The summed E-state index contributed by atoms with van der Waals surface area (Å²) in [6.45, 7) is 4.02. The quantitative estimate of drug-likeness (QED) is 0.640. The zero-order chi connectivity index (χ0) is 21.9. The molecule has 0 spiro atoms. The molecular formula is C25H27N5O2. The number of carbonyl (C=O) groups excluding carboxylic acids is 2. The Morgan fingerprint density at radius 1 is 0.875 bits per heavy atom. The van der Waals surface area contributed by atoms with Crippen LogP contribution in [0.2, 0.25) is 0 Å². The number of hydrogen-bond donors (Lipinski definition) is 0. The molecule has 1 aromatic heterocycles. The second-order valence-corrected chi connectivity index (χ2v) is 8.49. The van der Waals surface area contributed by atoms with E-state index in [0.29, 0.717) is 31.7 Å². The molecule has 32 heavy (non-hydrogen) atoms. The zero-order valence-corrected chi connectivity index (χ0v) is 18.1. The molecular weight excluding hydrogens is 402 g/mol. The zero-order valence-electron chi connectivity index (χ0n) is 18.1. The van der Waals surface area contributed by atoms with Gasteiger partial charge < -0.3 is 14.7 Å². The van der Waals surface area contributed by atoms with Crippen LogP contribution in [-0.2, 0) is 4.79 Å². The van der Waals surface area contributed by atoms with Gasteiger partial charge in [0.25, 0.3) is 5.91 Å². The van der Waals surface area contributed by atoms with E-state index < -0.39 is 0 Å². The molecule has 2 saturated heterocycles. The smallest absolute Gasteiger partial charge is 0.254 e. The minimum absolute atomic E-state index is 0.0202. The van der Waals surface area contributed by atoms with Crippen molar-refractivity contribution in [1.29, 1.82) is 0 Å². The minimum atomic E-state index is -0.134. The number of nitrogens with zero attached hydrogens (tertiary/aromatic N) is 5. The third-order valence-electron chi connectivity index (χ3n) is 6.54. The van der Waals surface area contributed by atoms with Crippen molar-refractivity contribution in [3.8, 4) is 0 Å². The highest BCUT2D eigenvalue weighted by molar-refractivity contribution is 6.07. The number of likely N-dealkylation sites (tertiary alicyclic amines) is 1. The summed E-state index contributed by atoms with van der Waals surface area (Å²) < 4.78 is 0. The summed E-state index contributed by atoms with van der Waals surface area (Å²) in [7, 11) is 0. The normalized spacial score (nSPS) is 19.2. The number of hydrogen-bond acceptors (Lipinski definition) is 5. The molecule has 1 atom stereocenters. The number of amides is 2. The number of fused-ring (bicyclic) bond motifs is 1. The molecule has 7 nitrogen and oxygen atoms in total. The van der Waals surface area contributed by atoms with Gasteiger partial charge >= 0.3 is 0 Å². The lowest BCUT2D eigenvalue weighted by Gasteiger charge is -2.39. The molecule has 2 amide bonds. The first-order valence-electron chi connectivity index (χ1n) is 11.3. The molecule has 1 unspecified atom stereocenters. The van der Waals surface area contributed by atoms with Crippen molar-refractivity contribution < 1.29 is 9.59 Å². The lowest BCUT2D eigenvalue weighted by molar-refractivity contribution is -0.137. The average Bonchev–Trinajstić information content (AvgIpc) is 2.88. The van der Waals surface area contributed by atoms with Crippen LogP contribution in [0.5, 0.6) is 0 Å². The van der Waals surface area contributed by atoms with E-state index in [1.54, 1.807) is 18.6 Å². The summed E-state index contributed by atoms with van der Waals surface area (Å²) in [5.74, 6) is 0.904. The highest BCUT2D eigenvalue weighted by Crippen LogP contribution is 2.25. The number of piperazine rings is 1. The van der Waals surface area contributed by atoms with Crippen LogP contribution < -0.4 is 4.90 Å². The highest BCUT2D eigenvalue weighted by Gasteiger charge is 2.33. The number of carbonyl (C=O) groups is 2. The van der Waals surface area contributed by atoms with E-state index in [1.807, 2.05) is 52.3 Å². The van der Waals surface area contributed by atoms with Crippen LogP contribution in [-0.4, -0.2) is 70.9 Å². The van der Waals surface area contributed by atoms with Crippen molar-refractivity contribution in [3.05, 3.63) is 66.6 Å². The Labute approximate surface area is 187 Å². The van der Waals surface area contributed by atoms with E-state index in [-0.39, 0.29) is 17.7 Å². The largest absolute Gasteiger partial charge is 0.352 e. The number of anilines is 1. The van der Waals surface area contributed by atoms with Crippen LogP contribution in [0.3, 0.4) is 0 Å². The van der Waals surface area contributed by atoms with Gasteiger partial charge in [-0.05, 0) is 29.7 Å². The molecule has 0 saturated carbocycles. The molecule has 164 valence electrons. The van der Waals surface area contributed by atoms with E-state index in [4.69, 9.17) is 0 Å². The van der Waals surface area contributed by atoms with Gasteiger partial charge in [-0.1, -0.05) is 36.4 Å².